The first-order valence-electron chi connectivity index (χ1n) is 7.36. The predicted octanol–water partition coefficient (Wildman–Crippen LogP) is 3.50. The molecule has 102 valence electrons. The Bertz CT molecular complexity index is 314. The van der Waals surface area contributed by atoms with Gasteiger partial charge in [-0.1, -0.05) is 25.5 Å². The van der Waals surface area contributed by atoms with Gasteiger partial charge in [-0.15, -0.1) is 0 Å². The number of allylic oxidation sites excluding steroid dienone is 1. The van der Waals surface area contributed by atoms with Crippen molar-refractivity contribution in [2.75, 3.05) is 6.61 Å². The molecule has 18 heavy (non-hydrogen) atoms. The van der Waals surface area contributed by atoms with Crippen molar-refractivity contribution in [2.45, 2.75) is 52.0 Å². The molecular weight excluding hydrogens is 226 g/mol. The Hall–Kier alpha value is -0.990. The van der Waals surface area contributed by atoms with Gasteiger partial charge >= 0.3 is 6.09 Å². The van der Waals surface area contributed by atoms with Crippen LogP contribution in [0.4, 0.5) is 4.79 Å². The molecule has 0 saturated heterocycles. The molecule has 1 N–H and O–H groups in total. The fourth-order valence-corrected chi connectivity index (χ4v) is 3.56. The van der Waals surface area contributed by atoms with E-state index < -0.39 is 0 Å². The molecule has 0 unspecified atom stereocenters. The summed E-state index contributed by atoms with van der Waals surface area (Å²) in [5, 5.41) is 3.08. The number of amides is 1. The first-order valence-corrected chi connectivity index (χ1v) is 7.36. The summed E-state index contributed by atoms with van der Waals surface area (Å²) in [7, 11) is 0. The van der Waals surface area contributed by atoms with Crippen molar-refractivity contribution < 1.29 is 9.53 Å². The lowest BCUT2D eigenvalue weighted by Crippen LogP contribution is -2.43. The van der Waals surface area contributed by atoms with E-state index in [4.69, 9.17) is 4.74 Å². The summed E-state index contributed by atoms with van der Waals surface area (Å²) in [6.07, 6.45) is 10.6. The Balaban J connectivity index is 1.95. The first kappa shape index (κ1) is 13.4. The number of nitrogens with one attached hydrogen (secondary N) is 1. The minimum absolute atomic E-state index is 0.246. The number of rotatable bonds is 5. The molecule has 4 atom stereocenters. The van der Waals surface area contributed by atoms with Crippen LogP contribution in [0.1, 0.15) is 46.0 Å². The maximum atomic E-state index is 11.6. The standard InChI is InChI=1S/C15H25NO2/c1-3-5-6-7-13-11-8-9-12(10-11)14(13)16-15(17)18-4-2/h6-7,11-14H,3-5,8-10H2,1-2H3,(H,16,17)/b7-6-/t11-,12+,13+,14+/m1/s1. The monoisotopic (exact) mass is 251 g/mol. The number of hydrogen-bond donors (Lipinski definition) is 1. The number of ether oxygens (including phenoxy) is 1. The highest BCUT2D eigenvalue weighted by Crippen LogP contribution is 2.49. The predicted molar refractivity (Wildman–Crippen MR) is 72.3 cm³/mol. The quantitative estimate of drug-likeness (QED) is 0.759. The van der Waals surface area contributed by atoms with E-state index in [2.05, 4.69) is 24.4 Å². The molecule has 0 radical (unpaired) electrons. The van der Waals surface area contributed by atoms with E-state index in [9.17, 15) is 4.79 Å². The van der Waals surface area contributed by atoms with Crippen LogP contribution < -0.4 is 5.32 Å². The summed E-state index contributed by atoms with van der Waals surface area (Å²) in [5.74, 6) is 1.96. The van der Waals surface area contributed by atoms with Crippen molar-refractivity contribution in [3.8, 4) is 0 Å². The molecule has 1 amide bonds. The number of alkyl carbamates (subject to hydrolysis) is 1. The van der Waals surface area contributed by atoms with E-state index in [0.29, 0.717) is 24.5 Å². The summed E-state index contributed by atoms with van der Waals surface area (Å²) < 4.78 is 5.01. The average Bonchev–Trinajstić information content (AvgIpc) is 2.92. The maximum Gasteiger partial charge on any atom is 0.407 e. The Kier molecular flexibility index (Phi) is 4.67. The van der Waals surface area contributed by atoms with Gasteiger partial charge in [-0.3, -0.25) is 0 Å². The van der Waals surface area contributed by atoms with Crippen LogP contribution in [0.2, 0.25) is 0 Å². The molecule has 0 heterocycles. The van der Waals surface area contributed by atoms with Crippen molar-refractivity contribution >= 4 is 6.09 Å². The Morgan fingerprint density at radius 1 is 1.33 bits per heavy atom. The van der Waals surface area contributed by atoms with Gasteiger partial charge in [0, 0.05) is 12.0 Å². The van der Waals surface area contributed by atoms with Crippen LogP contribution in [0.15, 0.2) is 12.2 Å². The molecule has 2 rings (SSSR count). The third-order valence-corrected chi connectivity index (χ3v) is 4.35. The Morgan fingerprint density at radius 3 is 2.83 bits per heavy atom. The van der Waals surface area contributed by atoms with Crippen LogP contribution in [0.5, 0.6) is 0 Å². The lowest BCUT2D eigenvalue weighted by molar-refractivity contribution is 0.140. The molecule has 3 heteroatoms. The van der Waals surface area contributed by atoms with Crippen molar-refractivity contribution in [1.82, 2.24) is 5.32 Å². The van der Waals surface area contributed by atoms with Gasteiger partial charge in [-0.25, -0.2) is 4.79 Å². The van der Waals surface area contributed by atoms with Gasteiger partial charge in [0.1, 0.15) is 0 Å². The summed E-state index contributed by atoms with van der Waals surface area (Å²) in [6.45, 7) is 4.49. The second-order valence-corrected chi connectivity index (χ2v) is 5.52. The molecule has 2 aliphatic carbocycles. The molecule has 0 aliphatic heterocycles. The van der Waals surface area contributed by atoms with Crippen LogP contribution in [-0.2, 0) is 4.74 Å². The Labute approximate surface area is 110 Å². The summed E-state index contributed by atoms with van der Waals surface area (Å²) in [5.41, 5.74) is 0. The van der Waals surface area contributed by atoms with Gasteiger partial charge in [0.05, 0.1) is 6.61 Å². The number of hydrogen-bond acceptors (Lipinski definition) is 2. The molecule has 0 aromatic rings. The van der Waals surface area contributed by atoms with E-state index in [1.54, 1.807) is 0 Å². The second-order valence-electron chi connectivity index (χ2n) is 5.52. The van der Waals surface area contributed by atoms with E-state index in [1.165, 1.54) is 25.7 Å². The largest absolute Gasteiger partial charge is 0.450 e. The molecule has 2 bridgehead atoms. The molecule has 0 aromatic heterocycles. The minimum atomic E-state index is -0.246. The van der Waals surface area contributed by atoms with Crippen LogP contribution in [0.3, 0.4) is 0 Å². The van der Waals surface area contributed by atoms with Crippen LogP contribution in [0, 0.1) is 17.8 Å². The van der Waals surface area contributed by atoms with Crippen molar-refractivity contribution in [3.63, 3.8) is 0 Å². The Morgan fingerprint density at radius 2 is 2.11 bits per heavy atom. The van der Waals surface area contributed by atoms with Gasteiger partial charge in [0.25, 0.3) is 0 Å². The summed E-state index contributed by atoms with van der Waals surface area (Å²) in [6, 6.07) is 0.302. The van der Waals surface area contributed by atoms with Gasteiger partial charge in [-0.05, 0) is 44.4 Å². The van der Waals surface area contributed by atoms with E-state index in [-0.39, 0.29) is 6.09 Å². The van der Waals surface area contributed by atoms with Crippen molar-refractivity contribution in [2.24, 2.45) is 17.8 Å². The van der Waals surface area contributed by atoms with Gasteiger partial charge < -0.3 is 10.1 Å². The molecule has 2 fully saturated rings. The topological polar surface area (TPSA) is 38.3 Å². The summed E-state index contributed by atoms with van der Waals surface area (Å²) >= 11 is 0. The fourth-order valence-electron chi connectivity index (χ4n) is 3.56. The molecular formula is C15H25NO2. The van der Waals surface area contributed by atoms with Gasteiger partial charge in [0.2, 0.25) is 0 Å². The number of unbranched alkanes of at least 4 members (excludes halogenated alkanes) is 1. The lowest BCUT2D eigenvalue weighted by Gasteiger charge is -2.29. The first-order chi connectivity index (χ1) is 8.76. The zero-order valence-corrected chi connectivity index (χ0v) is 11.5. The van der Waals surface area contributed by atoms with Gasteiger partial charge in [-0.2, -0.15) is 0 Å². The van der Waals surface area contributed by atoms with Crippen molar-refractivity contribution in [1.29, 1.82) is 0 Å². The lowest BCUT2D eigenvalue weighted by atomic mass is 9.84. The smallest absolute Gasteiger partial charge is 0.407 e. The van der Waals surface area contributed by atoms with Crippen LogP contribution in [-0.4, -0.2) is 18.7 Å². The fraction of sp³-hybridized carbons (Fsp3) is 0.800. The zero-order valence-electron chi connectivity index (χ0n) is 11.5. The third-order valence-electron chi connectivity index (χ3n) is 4.35. The third kappa shape index (κ3) is 2.88. The maximum absolute atomic E-state index is 11.6. The van der Waals surface area contributed by atoms with Crippen LogP contribution in [0.25, 0.3) is 0 Å². The zero-order chi connectivity index (χ0) is 13.0. The highest BCUT2D eigenvalue weighted by Gasteiger charge is 2.47. The summed E-state index contributed by atoms with van der Waals surface area (Å²) in [4.78, 5) is 11.6. The average molecular weight is 251 g/mol. The van der Waals surface area contributed by atoms with E-state index >= 15 is 0 Å². The van der Waals surface area contributed by atoms with Crippen molar-refractivity contribution in [3.05, 3.63) is 12.2 Å². The second kappa shape index (κ2) is 6.26. The highest BCUT2D eigenvalue weighted by atomic mass is 16.5. The molecule has 2 aliphatic rings. The molecule has 0 spiro atoms. The van der Waals surface area contributed by atoms with E-state index in [0.717, 1.165) is 12.3 Å². The molecule has 0 aromatic carbocycles. The number of carbonyl (C=O) groups excluding carboxylic acids is 1. The highest BCUT2D eigenvalue weighted by molar-refractivity contribution is 5.67. The SMILES string of the molecule is CCC/C=C\[C@H]1[C@@H]2CC[C@@H](C2)[C@@H]1NC(=O)OCC. The van der Waals surface area contributed by atoms with Gasteiger partial charge in [0.15, 0.2) is 0 Å². The molecule has 2 saturated carbocycles. The molecule has 3 nitrogen and oxygen atoms in total. The normalized spacial score (nSPS) is 34.1. The number of fused-ring (bicyclic) bond motifs is 2. The minimum Gasteiger partial charge on any atom is -0.450 e. The van der Waals surface area contributed by atoms with Crippen LogP contribution >= 0.6 is 0 Å². The van der Waals surface area contributed by atoms with E-state index in [1.807, 2.05) is 6.92 Å². The number of carbonyl (C=O) groups is 1.